The zero-order valence-electron chi connectivity index (χ0n) is 16.6. The molecule has 1 aromatic carbocycles. The van der Waals surface area contributed by atoms with E-state index in [0.717, 1.165) is 17.0 Å². The molecule has 0 spiro atoms. The number of carboxylic acids is 1. The molecule has 0 aliphatic heterocycles. The lowest BCUT2D eigenvalue weighted by atomic mass is 10.0. The fourth-order valence-electron chi connectivity index (χ4n) is 2.80. The maximum absolute atomic E-state index is 12.6. The summed E-state index contributed by atoms with van der Waals surface area (Å²) in [5, 5.41) is 11.9. The summed E-state index contributed by atoms with van der Waals surface area (Å²) in [6.07, 6.45) is 4.43. The average molecular weight is 384 g/mol. The lowest BCUT2D eigenvalue weighted by Gasteiger charge is -2.23. The number of rotatable bonds is 9. The number of aliphatic carboxylic acids is 1. The van der Waals surface area contributed by atoms with Gasteiger partial charge in [-0.05, 0) is 18.4 Å². The van der Waals surface area contributed by atoms with Crippen molar-refractivity contribution in [3.05, 3.63) is 59.7 Å². The molecule has 28 heavy (non-hydrogen) atoms. The number of carbonyl (C=O) groups is 2. The third-order valence-electron chi connectivity index (χ3n) is 4.37. The van der Waals surface area contributed by atoms with Crippen LogP contribution >= 0.6 is 0 Å². The molecule has 2 N–H and O–H groups in total. The second kappa shape index (κ2) is 10.4. The van der Waals surface area contributed by atoms with Gasteiger partial charge in [-0.15, -0.1) is 0 Å². The highest BCUT2D eigenvalue weighted by molar-refractivity contribution is 5.74. The maximum atomic E-state index is 12.6. The lowest BCUT2D eigenvalue weighted by molar-refractivity contribution is -0.137. The van der Waals surface area contributed by atoms with Gasteiger partial charge in [0, 0.05) is 43.4 Å². The van der Waals surface area contributed by atoms with E-state index in [1.54, 1.807) is 24.3 Å². The first-order valence-corrected chi connectivity index (χ1v) is 9.43. The third-order valence-corrected chi connectivity index (χ3v) is 4.37. The molecule has 1 heterocycles. The van der Waals surface area contributed by atoms with Gasteiger partial charge in [0.15, 0.2) is 0 Å². The van der Waals surface area contributed by atoms with Crippen LogP contribution in [0.4, 0.5) is 4.79 Å². The van der Waals surface area contributed by atoms with Crippen LogP contribution in [0.25, 0.3) is 0 Å². The van der Waals surface area contributed by atoms with Crippen molar-refractivity contribution >= 4 is 12.0 Å². The number of urea groups is 1. The molecule has 1 aromatic heterocycles. The summed E-state index contributed by atoms with van der Waals surface area (Å²) >= 11 is 0. The molecule has 0 aliphatic carbocycles. The van der Waals surface area contributed by atoms with Crippen LogP contribution in [0.3, 0.4) is 0 Å². The van der Waals surface area contributed by atoms with E-state index < -0.39 is 5.97 Å². The molecule has 7 heteroatoms. The summed E-state index contributed by atoms with van der Waals surface area (Å²) in [5.74, 6) is 0.151. The lowest BCUT2D eigenvalue weighted by Crippen LogP contribution is -2.44. The summed E-state index contributed by atoms with van der Waals surface area (Å²) in [6.45, 7) is 4.43. The number of nitrogens with zero attached hydrogens (tertiary/aromatic N) is 3. The number of carboxylic acid groups (broad SMARTS) is 1. The van der Waals surface area contributed by atoms with Crippen molar-refractivity contribution in [2.75, 3.05) is 7.05 Å². The Labute approximate surface area is 165 Å². The first kappa shape index (κ1) is 21.3. The number of amides is 2. The first-order valence-electron chi connectivity index (χ1n) is 9.43. The largest absolute Gasteiger partial charge is 0.481 e. The molecule has 7 nitrogen and oxygen atoms in total. The Morgan fingerprint density at radius 1 is 1.11 bits per heavy atom. The van der Waals surface area contributed by atoms with Gasteiger partial charge in [-0.2, -0.15) is 0 Å². The van der Waals surface area contributed by atoms with Crippen molar-refractivity contribution in [2.45, 2.75) is 51.6 Å². The standard InChI is InChI=1S/C21H28N4O3/c1-15(2)20-22-12-17(13-23-20)14-25(3)21(28)24-18(9-10-19(26)27)11-16-7-5-4-6-8-16/h4-8,12-13,15,18H,9-11,14H2,1-3H3,(H,24,28)(H,26,27). The molecule has 150 valence electrons. The third kappa shape index (κ3) is 6.98. The van der Waals surface area contributed by atoms with Crippen LogP contribution in [-0.2, 0) is 17.8 Å². The molecule has 2 aromatic rings. The predicted octanol–water partition coefficient (Wildman–Crippen LogP) is 3.22. The smallest absolute Gasteiger partial charge is 0.317 e. The van der Waals surface area contributed by atoms with Crippen LogP contribution in [0.2, 0.25) is 0 Å². The van der Waals surface area contributed by atoms with Crippen molar-refractivity contribution < 1.29 is 14.7 Å². The Morgan fingerprint density at radius 3 is 2.32 bits per heavy atom. The number of carbonyl (C=O) groups excluding carboxylic acids is 1. The Hall–Kier alpha value is -2.96. The van der Waals surface area contributed by atoms with Crippen LogP contribution in [0.1, 0.15) is 49.6 Å². The van der Waals surface area contributed by atoms with Crippen molar-refractivity contribution in [1.29, 1.82) is 0 Å². The summed E-state index contributed by atoms with van der Waals surface area (Å²) in [6, 6.07) is 9.22. The number of benzene rings is 1. The summed E-state index contributed by atoms with van der Waals surface area (Å²) in [4.78, 5) is 33.7. The minimum Gasteiger partial charge on any atom is -0.481 e. The topological polar surface area (TPSA) is 95.4 Å². The van der Waals surface area contributed by atoms with Crippen molar-refractivity contribution in [1.82, 2.24) is 20.2 Å². The van der Waals surface area contributed by atoms with Crippen molar-refractivity contribution in [2.24, 2.45) is 0 Å². The van der Waals surface area contributed by atoms with E-state index in [-0.39, 0.29) is 24.4 Å². The van der Waals surface area contributed by atoms with E-state index in [1.165, 1.54) is 0 Å². The highest BCUT2D eigenvalue weighted by Gasteiger charge is 2.18. The zero-order valence-corrected chi connectivity index (χ0v) is 16.6. The van der Waals surface area contributed by atoms with Gasteiger partial charge in [-0.3, -0.25) is 4.79 Å². The van der Waals surface area contributed by atoms with Gasteiger partial charge in [0.25, 0.3) is 0 Å². The minimum atomic E-state index is -0.872. The molecule has 0 radical (unpaired) electrons. The molecule has 0 aliphatic rings. The monoisotopic (exact) mass is 384 g/mol. The zero-order chi connectivity index (χ0) is 20.5. The van der Waals surface area contributed by atoms with Crippen LogP contribution < -0.4 is 5.32 Å². The van der Waals surface area contributed by atoms with Gasteiger partial charge in [0.2, 0.25) is 0 Å². The van der Waals surface area contributed by atoms with Gasteiger partial charge in [-0.1, -0.05) is 44.2 Å². The van der Waals surface area contributed by atoms with Gasteiger partial charge >= 0.3 is 12.0 Å². The first-order chi connectivity index (χ1) is 13.3. The number of aromatic nitrogens is 2. The number of hydrogen-bond donors (Lipinski definition) is 2. The molecule has 1 unspecified atom stereocenters. The summed E-state index contributed by atoms with van der Waals surface area (Å²) in [5.41, 5.74) is 1.89. The normalized spacial score (nSPS) is 11.9. The van der Waals surface area contributed by atoms with Gasteiger partial charge in [-0.25, -0.2) is 14.8 Å². The van der Waals surface area contributed by atoms with Crippen LogP contribution in [0, 0.1) is 0 Å². The highest BCUT2D eigenvalue weighted by Crippen LogP contribution is 2.11. The van der Waals surface area contributed by atoms with Crippen LogP contribution in [-0.4, -0.2) is 45.1 Å². The summed E-state index contributed by atoms with van der Waals surface area (Å²) < 4.78 is 0. The van der Waals surface area contributed by atoms with E-state index in [4.69, 9.17) is 5.11 Å². The summed E-state index contributed by atoms with van der Waals surface area (Å²) in [7, 11) is 1.70. The second-order valence-electron chi connectivity index (χ2n) is 7.23. The quantitative estimate of drug-likeness (QED) is 0.692. The second-order valence-corrected chi connectivity index (χ2v) is 7.23. The molecule has 2 rings (SSSR count). The SMILES string of the molecule is CC(C)c1ncc(CN(C)C(=O)NC(CCC(=O)O)Cc2ccccc2)cn1. The van der Waals surface area contributed by atoms with E-state index in [1.807, 2.05) is 44.2 Å². The molecule has 2 amide bonds. The fourth-order valence-corrected chi connectivity index (χ4v) is 2.80. The Balaban J connectivity index is 1.97. The van der Waals surface area contributed by atoms with E-state index in [9.17, 15) is 9.59 Å². The highest BCUT2D eigenvalue weighted by atomic mass is 16.4. The predicted molar refractivity (Wildman–Crippen MR) is 107 cm³/mol. The van der Waals surface area contributed by atoms with E-state index in [2.05, 4.69) is 15.3 Å². The number of nitrogens with one attached hydrogen (secondary N) is 1. The van der Waals surface area contributed by atoms with E-state index in [0.29, 0.717) is 19.4 Å². The molecule has 1 atom stereocenters. The van der Waals surface area contributed by atoms with Crippen LogP contribution in [0.15, 0.2) is 42.7 Å². The molecule has 0 fully saturated rings. The maximum Gasteiger partial charge on any atom is 0.317 e. The van der Waals surface area contributed by atoms with Gasteiger partial charge < -0.3 is 15.3 Å². The number of hydrogen-bond acceptors (Lipinski definition) is 4. The minimum absolute atomic E-state index is 0.00595. The van der Waals surface area contributed by atoms with Crippen LogP contribution in [0.5, 0.6) is 0 Å². The fraction of sp³-hybridized carbons (Fsp3) is 0.429. The Bertz CT molecular complexity index is 763. The average Bonchev–Trinajstić information content (AvgIpc) is 2.67. The Kier molecular flexibility index (Phi) is 7.92. The molecular formula is C21H28N4O3. The molecule has 0 saturated heterocycles. The molecule has 0 saturated carbocycles. The van der Waals surface area contributed by atoms with Crippen molar-refractivity contribution in [3.63, 3.8) is 0 Å². The van der Waals surface area contributed by atoms with Gasteiger partial charge in [0.1, 0.15) is 5.82 Å². The molecule has 0 bridgehead atoms. The van der Waals surface area contributed by atoms with E-state index >= 15 is 0 Å². The Morgan fingerprint density at radius 2 is 1.75 bits per heavy atom. The van der Waals surface area contributed by atoms with Gasteiger partial charge in [0.05, 0.1) is 6.54 Å². The van der Waals surface area contributed by atoms with Crippen molar-refractivity contribution in [3.8, 4) is 0 Å². The molecular weight excluding hydrogens is 356 g/mol.